The van der Waals surface area contributed by atoms with E-state index >= 15 is 0 Å². The van der Waals surface area contributed by atoms with Crippen LogP contribution >= 0.6 is 35.0 Å². The monoisotopic (exact) mass is 284 g/mol. The summed E-state index contributed by atoms with van der Waals surface area (Å²) in [6.07, 6.45) is 1.70. The molecule has 2 aromatic rings. The Kier molecular flexibility index (Phi) is 4.15. The van der Waals surface area contributed by atoms with Crippen molar-refractivity contribution in [3.8, 4) is 0 Å². The molecule has 0 unspecified atom stereocenters. The van der Waals surface area contributed by atoms with E-state index < -0.39 is 0 Å². The second-order valence-corrected chi connectivity index (χ2v) is 5.30. The highest BCUT2D eigenvalue weighted by Gasteiger charge is 2.03. The van der Waals surface area contributed by atoms with E-state index in [1.165, 1.54) is 0 Å². The fourth-order valence-electron chi connectivity index (χ4n) is 1.32. The first-order valence-corrected chi connectivity index (χ1v) is 6.67. The molecular formula is C12H10Cl2N2S. The lowest BCUT2D eigenvalue weighted by atomic mass is 10.3. The van der Waals surface area contributed by atoms with Gasteiger partial charge in [0.05, 0.1) is 10.7 Å². The van der Waals surface area contributed by atoms with Crippen LogP contribution in [-0.2, 0) is 5.75 Å². The number of thioether (sulfide) groups is 1. The van der Waals surface area contributed by atoms with E-state index in [1.54, 1.807) is 36.2 Å². The number of hydrogen-bond donors (Lipinski definition) is 1. The predicted molar refractivity (Wildman–Crippen MR) is 74.7 cm³/mol. The molecule has 2 rings (SSSR count). The van der Waals surface area contributed by atoms with Gasteiger partial charge in [0.2, 0.25) is 0 Å². The molecule has 2 nitrogen and oxygen atoms in total. The molecule has 1 heterocycles. The third-order valence-corrected chi connectivity index (χ3v) is 3.88. The van der Waals surface area contributed by atoms with Gasteiger partial charge in [0.1, 0.15) is 0 Å². The van der Waals surface area contributed by atoms with Crippen LogP contribution in [0.4, 0.5) is 5.69 Å². The lowest BCUT2D eigenvalue weighted by Gasteiger charge is -2.05. The second kappa shape index (κ2) is 5.63. The Hall–Kier alpha value is -0.900. The summed E-state index contributed by atoms with van der Waals surface area (Å²) >= 11 is 13.6. The Morgan fingerprint density at radius 2 is 2.00 bits per heavy atom. The fraction of sp³-hybridized carbons (Fsp3) is 0.0833. The van der Waals surface area contributed by atoms with E-state index in [1.807, 2.05) is 12.1 Å². The van der Waals surface area contributed by atoms with Crippen molar-refractivity contribution in [3.05, 3.63) is 52.3 Å². The van der Waals surface area contributed by atoms with E-state index in [0.717, 1.165) is 10.6 Å². The van der Waals surface area contributed by atoms with Crippen molar-refractivity contribution in [2.24, 2.45) is 0 Å². The average molecular weight is 285 g/mol. The van der Waals surface area contributed by atoms with Crippen LogP contribution in [0.1, 0.15) is 5.69 Å². The average Bonchev–Trinajstić information content (AvgIpc) is 2.30. The molecule has 0 radical (unpaired) electrons. The van der Waals surface area contributed by atoms with Crippen molar-refractivity contribution < 1.29 is 0 Å². The zero-order valence-corrected chi connectivity index (χ0v) is 11.2. The minimum absolute atomic E-state index is 0.678. The Morgan fingerprint density at radius 3 is 2.76 bits per heavy atom. The summed E-state index contributed by atoms with van der Waals surface area (Å²) in [5.41, 5.74) is 7.32. The molecule has 0 fully saturated rings. The van der Waals surface area contributed by atoms with E-state index in [4.69, 9.17) is 28.9 Å². The zero-order chi connectivity index (χ0) is 12.3. The van der Waals surface area contributed by atoms with Crippen LogP contribution in [0.5, 0.6) is 0 Å². The number of hydrogen-bond acceptors (Lipinski definition) is 3. The normalized spacial score (nSPS) is 10.5. The van der Waals surface area contributed by atoms with Gasteiger partial charge in [-0.3, -0.25) is 4.98 Å². The quantitative estimate of drug-likeness (QED) is 0.856. The highest BCUT2D eigenvalue weighted by atomic mass is 35.5. The van der Waals surface area contributed by atoms with Crippen LogP contribution in [0.15, 0.2) is 41.4 Å². The molecule has 1 aromatic heterocycles. The summed E-state index contributed by atoms with van der Waals surface area (Å²) in [6.45, 7) is 0. The molecule has 0 atom stereocenters. The smallest absolute Gasteiger partial charge is 0.0543 e. The molecule has 0 aliphatic carbocycles. The highest BCUT2D eigenvalue weighted by Crippen LogP contribution is 2.31. The summed E-state index contributed by atoms with van der Waals surface area (Å²) in [7, 11) is 0. The van der Waals surface area contributed by atoms with Gasteiger partial charge in [-0.05, 0) is 30.3 Å². The number of nitrogens with two attached hydrogens (primary N) is 1. The van der Waals surface area contributed by atoms with Gasteiger partial charge in [-0.25, -0.2) is 0 Å². The molecular weight excluding hydrogens is 275 g/mol. The predicted octanol–water partition coefficient (Wildman–Crippen LogP) is 4.26. The molecule has 0 amide bonds. The fourth-order valence-corrected chi connectivity index (χ4v) is 2.71. The van der Waals surface area contributed by atoms with Gasteiger partial charge in [-0.2, -0.15) is 0 Å². The first-order valence-electron chi connectivity index (χ1n) is 4.93. The third kappa shape index (κ3) is 3.53. The molecule has 17 heavy (non-hydrogen) atoms. The molecule has 0 bridgehead atoms. The zero-order valence-electron chi connectivity index (χ0n) is 8.86. The second-order valence-electron chi connectivity index (χ2n) is 3.44. The van der Waals surface area contributed by atoms with Gasteiger partial charge in [0.15, 0.2) is 0 Å². The van der Waals surface area contributed by atoms with Crippen molar-refractivity contribution in [1.29, 1.82) is 0 Å². The van der Waals surface area contributed by atoms with Crippen molar-refractivity contribution in [2.45, 2.75) is 10.6 Å². The van der Waals surface area contributed by atoms with Gasteiger partial charge in [0, 0.05) is 27.6 Å². The molecule has 0 spiro atoms. The first-order chi connectivity index (χ1) is 8.15. The SMILES string of the molecule is Nc1ccnc(CSc2cc(Cl)ccc2Cl)c1. The van der Waals surface area contributed by atoms with Crippen molar-refractivity contribution >= 4 is 40.7 Å². The van der Waals surface area contributed by atoms with Crippen molar-refractivity contribution in [3.63, 3.8) is 0 Å². The number of anilines is 1. The number of pyridine rings is 1. The van der Waals surface area contributed by atoms with Crippen molar-refractivity contribution in [1.82, 2.24) is 4.98 Å². The number of nitrogens with zero attached hydrogens (tertiary/aromatic N) is 1. The van der Waals surface area contributed by atoms with Crippen LogP contribution in [0.25, 0.3) is 0 Å². The van der Waals surface area contributed by atoms with Gasteiger partial charge in [-0.15, -0.1) is 11.8 Å². The number of halogens is 2. The minimum Gasteiger partial charge on any atom is -0.399 e. The summed E-state index contributed by atoms with van der Waals surface area (Å²) < 4.78 is 0. The number of nitrogen functional groups attached to an aromatic ring is 1. The lowest BCUT2D eigenvalue weighted by molar-refractivity contribution is 1.18. The number of rotatable bonds is 3. The van der Waals surface area contributed by atoms with Gasteiger partial charge >= 0.3 is 0 Å². The largest absolute Gasteiger partial charge is 0.399 e. The van der Waals surface area contributed by atoms with Crippen molar-refractivity contribution in [2.75, 3.05) is 5.73 Å². The Bertz CT molecular complexity index is 532. The Labute approximate surface area is 114 Å². The summed E-state index contributed by atoms with van der Waals surface area (Å²) in [5, 5.41) is 1.38. The molecule has 2 N–H and O–H groups in total. The third-order valence-electron chi connectivity index (χ3n) is 2.11. The van der Waals surface area contributed by atoms with Crippen LogP contribution in [0.2, 0.25) is 10.0 Å². The summed E-state index contributed by atoms with van der Waals surface area (Å²) in [5.74, 6) is 0.713. The van der Waals surface area contributed by atoms with Crippen LogP contribution < -0.4 is 5.73 Å². The maximum absolute atomic E-state index is 6.07. The van der Waals surface area contributed by atoms with E-state index in [-0.39, 0.29) is 0 Å². The first kappa shape index (κ1) is 12.6. The molecule has 0 aliphatic heterocycles. The van der Waals surface area contributed by atoms with Crippen LogP contribution in [0, 0.1) is 0 Å². The van der Waals surface area contributed by atoms with E-state index in [2.05, 4.69) is 4.98 Å². The standard InChI is InChI=1S/C12H10Cl2N2S/c13-8-1-2-11(14)12(5-8)17-7-10-6-9(15)3-4-16-10/h1-6H,7H2,(H2,15,16). The molecule has 88 valence electrons. The van der Waals surface area contributed by atoms with Gasteiger partial charge in [-0.1, -0.05) is 23.2 Å². The highest BCUT2D eigenvalue weighted by molar-refractivity contribution is 7.98. The summed E-state index contributed by atoms with van der Waals surface area (Å²) in [4.78, 5) is 5.18. The molecule has 0 saturated carbocycles. The minimum atomic E-state index is 0.678. The molecule has 0 aliphatic rings. The maximum Gasteiger partial charge on any atom is 0.0543 e. The Balaban J connectivity index is 2.09. The van der Waals surface area contributed by atoms with E-state index in [0.29, 0.717) is 21.5 Å². The number of benzene rings is 1. The van der Waals surface area contributed by atoms with Gasteiger partial charge < -0.3 is 5.73 Å². The molecule has 5 heteroatoms. The van der Waals surface area contributed by atoms with E-state index in [9.17, 15) is 0 Å². The molecule has 1 aromatic carbocycles. The van der Waals surface area contributed by atoms with Crippen LogP contribution in [0.3, 0.4) is 0 Å². The van der Waals surface area contributed by atoms with Gasteiger partial charge in [0.25, 0.3) is 0 Å². The Morgan fingerprint density at radius 1 is 1.18 bits per heavy atom. The topological polar surface area (TPSA) is 38.9 Å². The maximum atomic E-state index is 6.07. The molecule has 0 saturated heterocycles. The number of aromatic nitrogens is 1. The lowest BCUT2D eigenvalue weighted by Crippen LogP contribution is -1.90. The van der Waals surface area contributed by atoms with Crippen LogP contribution in [-0.4, -0.2) is 4.98 Å². The summed E-state index contributed by atoms with van der Waals surface area (Å²) in [6, 6.07) is 9.03.